The van der Waals surface area contributed by atoms with Gasteiger partial charge < -0.3 is 26.1 Å². The third-order valence-electron chi connectivity index (χ3n) is 2.67. The van der Waals surface area contributed by atoms with Crippen molar-refractivity contribution < 1.29 is 32.6 Å². The summed E-state index contributed by atoms with van der Waals surface area (Å²) < 4.78 is 29.7. The van der Waals surface area contributed by atoms with Gasteiger partial charge in [-0.15, -0.1) is 0 Å². The summed E-state index contributed by atoms with van der Waals surface area (Å²) in [6, 6.07) is 0. The van der Waals surface area contributed by atoms with Gasteiger partial charge in [0, 0.05) is 0 Å². The van der Waals surface area contributed by atoms with E-state index in [9.17, 15) is 9.13 Å². The van der Waals surface area contributed by atoms with E-state index in [2.05, 4.69) is 8.83 Å². The summed E-state index contributed by atoms with van der Waals surface area (Å²) in [7, 11) is -9.94. The Morgan fingerprint density at radius 2 is 1.38 bits per heavy atom. The summed E-state index contributed by atoms with van der Waals surface area (Å²) in [4.78, 5) is 25.9. The molecule has 0 saturated carbocycles. The van der Waals surface area contributed by atoms with E-state index in [-0.39, 0.29) is 0 Å². The van der Waals surface area contributed by atoms with Gasteiger partial charge in [0.1, 0.15) is 6.23 Å². The lowest BCUT2D eigenvalue weighted by Crippen LogP contribution is -2.22. The van der Waals surface area contributed by atoms with Crippen molar-refractivity contribution in [3.05, 3.63) is 0 Å². The topological polar surface area (TPSA) is 165 Å². The molecule has 0 spiro atoms. The molecule has 0 rings (SSSR count). The predicted octanol–water partition coefficient (Wildman–Crippen LogP) is 1.58. The number of nitrogens with two attached hydrogens (primary N) is 2. The third-order valence-corrected chi connectivity index (χ3v) is 4.88. The van der Waals surface area contributed by atoms with Gasteiger partial charge in [0.05, 0.1) is 0 Å². The summed E-state index contributed by atoms with van der Waals surface area (Å²) in [5.74, 6) is 0. The quantitative estimate of drug-likeness (QED) is 0.189. The highest BCUT2D eigenvalue weighted by Crippen LogP contribution is 2.58. The first-order chi connectivity index (χ1) is 9.66. The van der Waals surface area contributed by atoms with Crippen LogP contribution < -0.4 is 11.5 Å². The monoisotopic (exact) mass is 348 g/mol. The standard InChI is InChI=1S/C10H26N2O7P2/c11-9-7-5-3-1-2-4-6-8-10(12)18-21(16,17)19-20(13,14)15/h10H,1-9,11-12H2,(H,16,17)(H2,13,14,15). The van der Waals surface area contributed by atoms with Crippen LogP contribution in [0.25, 0.3) is 0 Å². The molecule has 2 unspecified atom stereocenters. The van der Waals surface area contributed by atoms with Crippen molar-refractivity contribution in [2.45, 2.75) is 57.6 Å². The fraction of sp³-hybridized carbons (Fsp3) is 1.00. The maximum atomic E-state index is 11.2. The minimum atomic E-state index is -5.10. The number of rotatable bonds is 13. The van der Waals surface area contributed by atoms with Crippen LogP contribution in [0.3, 0.4) is 0 Å². The van der Waals surface area contributed by atoms with E-state index in [1.165, 1.54) is 0 Å². The summed E-state index contributed by atoms with van der Waals surface area (Å²) in [5, 5.41) is 0. The van der Waals surface area contributed by atoms with Gasteiger partial charge in [-0.3, -0.25) is 4.52 Å². The Morgan fingerprint density at radius 1 is 0.905 bits per heavy atom. The van der Waals surface area contributed by atoms with Crippen molar-refractivity contribution in [1.82, 2.24) is 0 Å². The van der Waals surface area contributed by atoms with Gasteiger partial charge in [-0.1, -0.05) is 32.1 Å². The Kier molecular flexibility index (Phi) is 10.9. The van der Waals surface area contributed by atoms with Crippen LogP contribution in [0, 0.1) is 0 Å². The van der Waals surface area contributed by atoms with Crippen LogP contribution in [-0.2, 0) is 18.0 Å². The Hall–Kier alpha value is 0.180. The number of hydrogen-bond donors (Lipinski definition) is 5. The van der Waals surface area contributed by atoms with Gasteiger partial charge in [-0.05, 0) is 25.8 Å². The molecule has 0 aromatic rings. The molecule has 2 atom stereocenters. The Bertz CT molecular complexity index is 363. The number of phosphoric ester groups is 1. The highest BCUT2D eigenvalue weighted by Gasteiger charge is 2.33. The normalized spacial score (nSPS) is 16.6. The van der Waals surface area contributed by atoms with Crippen LogP contribution in [0.1, 0.15) is 51.4 Å². The summed E-state index contributed by atoms with van der Waals surface area (Å²) >= 11 is 0. The van der Waals surface area contributed by atoms with E-state index in [1.807, 2.05) is 0 Å². The van der Waals surface area contributed by atoms with Crippen LogP contribution in [-0.4, -0.2) is 27.5 Å². The zero-order valence-corrected chi connectivity index (χ0v) is 13.8. The molecule has 0 aromatic heterocycles. The molecule has 0 bridgehead atoms. The van der Waals surface area contributed by atoms with Gasteiger partial charge in [-0.2, -0.15) is 4.31 Å². The molecule has 0 aliphatic heterocycles. The van der Waals surface area contributed by atoms with Crippen LogP contribution >= 0.6 is 15.6 Å². The maximum absolute atomic E-state index is 11.2. The maximum Gasteiger partial charge on any atom is 0.482 e. The van der Waals surface area contributed by atoms with Crippen molar-refractivity contribution in [2.24, 2.45) is 11.5 Å². The smallest absolute Gasteiger partial charge is 0.330 e. The molecule has 0 amide bonds. The van der Waals surface area contributed by atoms with Crippen molar-refractivity contribution in [1.29, 1.82) is 0 Å². The molecule has 21 heavy (non-hydrogen) atoms. The van der Waals surface area contributed by atoms with E-state index in [0.717, 1.165) is 38.5 Å². The average molecular weight is 348 g/mol. The molecular weight excluding hydrogens is 322 g/mol. The molecule has 0 aliphatic rings. The summed E-state index contributed by atoms with van der Waals surface area (Å²) in [5.41, 5.74) is 10.8. The SMILES string of the molecule is NCCCCCCCCCC(N)OP(=O)(O)OP(=O)(O)O. The molecule has 0 radical (unpaired) electrons. The fourth-order valence-corrected chi connectivity index (χ4v) is 3.43. The van der Waals surface area contributed by atoms with Gasteiger partial charge >= 0.3 is 15.6 Å². The van der Waals surface area contributed by atoms with E-state index in [1.54, 1.807) is 0 Å². The van der Waals surface area contributed by atoms with Gasteiger partial charge in [0.15, 0.2) is 0 Å². The second-order valence-corrected chi connectivity index (χ2v) is 7.52. The molecular formula is C10H26N2O7P2. The fourth-order valence-electron chi connectivity index (χ4n) is 1.75. The van der Waals surface area contributed by atoms with Crippen molar-refractivity contribution in [3.63, 3.8) is 0 Å². The van der Waals surface area contributed by atoms with Crippen LogP contribution in [0.2, 0.25) is 0 Å². The lowest BCUT2D eigenvalue weighted by molar-refractivity contribution is 0.123. The average Bonchev–Trinajstić information content (AvgIpc) is 2.28. The summed E-state index contributed by atoms with van der Waals surface area (Å²) in [6.45, 7) is 0.712. The van der Waals surface area contributed by atoms with E-state index in [4.69, 9.17) is 26.1 Å². The zero-order chi connectivity index (χ0) is 16.4. The minimum Gasteiger partial charge on any atom is -0.330 e. The number of unbranched alkanes of at least 4 members (excludes halogenated alkanes) is 6. The highest BCUT2D eigenvalue weighted by atomic mass is 31.3. The van der Waals surface area contributed by atoms with Crippen molar-refractivity contribution in [2.75, 3.05) is 6.54 Å². The predicted molar refractivity (Wildman–Crippen MR) is 78.0 cm³/mol. The summed E-state index contributed by atoms with van der Waals surface area (Å²) in [6.07, 6.45) is 6.17. The van der Waals surface area contributed by atoms with E-state index >= 15 is 0 Å². The van der Waals surface area contributed by atoms with Gasteiger partial charge in [0.25, 0.3) is 0 Å². The molecule has 0 saturated heterocycles. The van der Waals surface area contributed by atoms with Crippen molar-refractivity contribution in [3.8, 4) is 0 Å². The highest BCUT2D eigenvalue weighted by molar-refractivity contribution is 7.60. The molecule has 0 fully saturated rings. The molecule has 128 valence electrons. The Balaban J connectivity index is 3.69. The zero-order valence-electron chi connectivity index (χ0n) is 12.0. The van der Waals surface area contributed by atoms with E-state index < -0.39 is 21.9 Å². The van der Waals surface area contributed by atoms with Gasteiger partial charge in [0.2, 0.25) is 0 Å². The minimum absolute atomic E-state index is 0.303. The Morgan fingerprint density at radius 3 is 1.86 bits per heavy atom. The first kappa shape index (κ1) is 21.2. The largest absolute Gasteiger partial charge is 0.482 e. The molecule has 11 heteroatoms. The first-order valence-corrected chi connectivity index (χ1v) is 9.92. The molecule has 0 heterocycles. The molecule has 0 aliphatic carbocycles. The van der Waals surface area contributed by atoms with Gasteiger partial charge in [-0.25, -0.2) is 9.13 Å². The van der Waals surface area contributed by atoms with Crippen molar-refractivity contribution >= 4 is 15.6 Å². The van der Waals surface area contributed by atoms with Crippen LogP contribution in [0.5, 0.6) is 0 Å². The molecule has 7 N–H and O–H groups in total. The van der Waals surface area contributed by atoms with Crippen LogP contribution in [0.4, 0.5) is 0 Å². The third kappa shape index (κ3) is 14.9. The second-order valence-electron chi connectivity index (χ2n) is 4.74. The molecule has 9 nitrogen and oxygen atoms in total. The molecule has 0 aromatic carbocycles. The second kappa shape index (κ2) is 10.8. The Labute approximate surface area is 124 Å². The first-order valence-electron chi connectivity index (χ1n) is 6.90. The lowest BCUT2D eigenvalue weighted by atomic mass is 10.1. The van der Waals surface area contributed by atoms with E-state index in [0.29, 0.717) is 19.4 Å². The number of hydrogen-bond acceptors (Lipinski definition) is 6. The lowest BCUT2D eigenvalue weighted by Gasteiger charge is -2.17. The number of phosphoric acid groups is 2. The van der Waals surface area contributed by atoms with Crippen LogP contribution in [0.15, 0.2) is 0 Å².